The first kappa shape index (κ1) is 19.7. The summed E-state index contributed by atoms with van der Waals surface area (Å²) < 4.78 is 7.49. The molecule has 2 fully saturated rings. The fourth-order valence-electron chi connectivity index (χ4n) is 4.54. The minimum absolute atomic E-state index is 0.0501. The summed E-state index contributed by atoms with van der Waals surface area (Å²) in [4.78, 5) is 15.8. The zero-order chi connectivity index (χ0) is 21.4. The van der Waals surface area contributed by atoms with Gasteiger partial charge in [-0.1, -0.05) is 12.5 Å². The second-order valence-electron chi connectivity index (χ2n) is 8.40. The van der Waals surface area contributed by atoms with E-state index in [0.29, 0.717) is 40.5 Å². The molecule has 0 aliphatic carbocycles. The normalized spacial score (nSPS) is 22.8. The van der Waals surface area contributed by atoms with Crippen molar-refractivity contribution in [3.63, 3.8) is 0 Å². The van der Waals surface area contributed by atoms with E-state index in [-0.39, 0.29) is 17.5 Å². The zero-order valence-electron chi connectivity index (χ0n) is 17.4. The Morgan fingerprint density at radius 2 is 1.87 bits per heavy atom. The molecule has 160 valence electrons. The highest BCUT2D eigenvalue weighted by Gasteiger charge is 2.32. The Balaban J connectivity index is 1.31. The number of ether oxygens (including phenoxy) is 1. The summed E-state index contributed by atoms with van der Waals surface area (Å²) in [5.74, 6) is 0.559. The molecule has 2 aliphatic rings. The SMILES string of the molecule is Cn1ccc(-c2ccc(-c3ccc(OC4CC5CCCC(C4)N5)nn3)c(O)c2)nc1=O. The van der Waals surface area contributed by atoms with Crippen molar-refractivity contribution in [1.29, 1.82) is 0 Å². The lowest BCUT2D eigenvalue weighted by Crippen LogP contribution is -2.51. The average molecular weight is 419 g/mol. The topological polar surface area (TPSA) is 102 Å². The van der Waals surface area contributed by atoms with Gasteiger partial charge in [-0.3, -0.25) is 0 Å². The van der Waals surface area contributed by atoms with E-state index < -0.39 is 0 Å². The molecule has 1 aromatic carbocycles. The molecule has 0 amide bonds. The second-order valence-corrected chi connectivity index (χ2v) is 8.40. The lowest BCUT2D eigenvalue weighted by Gasteiger charge is -2.39. The van der Waals surface area contributed by atoms with Crippen molar-refractivity contribution in [2.75, 3.05) is 0 Å². The van der Waals surface area contributed by atoms with Crippen LogP contribution < -0.4 is 15.7 Å². The number of phenols is 1. The van der Waals surface area contributed by atoms with Crippen LogP contribution in [0.3, 0.4) is 0 Å². The quantitative estimate of drug-likeness (QED) is 0.670. The van der Waals surface area contributed by atoms with E-state index in [1.165, 1.54) is 23.8 Å². The number of aromatic nitrogens is 4. The Labute approximate surface area is 179 Å². The van der Waals surface area contributed by atoms with Crippen molar-refractivity contribution in [1.82, 2.24) is 25.1 Å². The smallest absolute Gasteiger partial charge is 0.347 e. The van der Waals surface area contributed by atoms with Crippen LogP contribution in [0, 0.1) is 0 Å². The third-order valence-corrected chi connectivity index (χ3v) is 6.14. The van der Waals surface area contributed by atoms with E-state index in [4.69, 9.17) is 4.74 Å². The van der Waals surface area contributed by atoms with E-state index in [2.05, 4.69) is 20.5 Å². The molecule has 2 bridgehead atoms. The molecule has 2 aliphatic heterocycles. The van der Waals surface area contributed by atoms with Gasteiger partial charge in [0.25, 0.3) is 0 Å². The molecule has 4 heterocycles. The molecule has 0 spiro atoms. The molecule has 2 aromatic heterocycles. The molecule has 2 atom stereocenters. The molecule has 31 heavy (non-hydrogen) atoms. The molecule has 0 saturated carbocycles. The molecule has 5 rings (SSSR count). The Hall–Kier alpha value is -3.26. The van der Waals surface area contributed by atoms with Gasteiger partial charge in [-0.2, -0.15) is 4.98 Å². The summed E-state index contributed by atoms with van der Waals surface area (Å²) in [6.07, 6.45) is 7.53. The molecular weight excluding hydrogens is 394 g/mol. The predicted octanol–water partition coefficient (Wildman–Crippen LogP) is 2.66. The van der Waals surface area contributed by atoms with Crippen LogP contribution in [-0.4, -0.2) is 43.0 Å². The first-order chi connectivity index (χ1) is 15.0. The predicted molar refractivity (Wildman–Crippen MR) is 116 cm³/mol. The van der Waals surface area contributed by atoms with Crippen LogP contribution in [0.25, 0.3) is 22.5 Å². The van der Waals surface area contributed by atoms with Crippen molar-refractivity contribution in [3.8, 4) is 34.1 Å². The van der Waals surface area contributed by atoms with Gasteiger partial charge in [0, 0.05) is 42.5 Å². The average Bonchev–Trinajstić information content (AvgIpc) is 2.76. The number of piperidine rings is 2. The van der Waals surface area contributed by atoms with Crippen molar-refractivity contribution in [2.45, 2.75) is 50.3 Å². The Kier molecular flexibility index (Phi) is 5.15. The number of hydrogen-bond acceptors (Lipinski definition) is 7. The fraction of sp³-hybridized carbons (Fsp3) is 0.391. The van der Waals surface area contributed by atoms with Crippen LogP contribution in [0.4, 0.5) is 0 Å². The largest absolute Gasteiger partial charge is 0.507 e. The number of fused-ring (bicyclic) bond motifs is 2. The fourth-order valence-corrected chi connectivity index (χ4v) is 4.54. The number of aromatic hydroxyl groups is 1. The number of aryl methyl sites for hydroxylation is 1. The van der Waals surface area contributed by atoms with Crippen LogP contribution in [-0.2, 0) is 7.05 Å². The summed E-state index contributed by atoms with van der Waals surface area (Å²) in [6, 6.07) is 11.6. The van der Waals surface area contributed by atoms with Crippen molar-refractivity contribution >= 4 is 0 Å². The van der Waals surface area contributed by atoms with E-state index in [9.17, 15) is 9.90 Å². The van der Waals surface area contributed by atoms with Crippen LogP contribution in [0.15, 0.2) is 47.4 Å². The van der Waals surface area contributed by atoms with Gasteiger partial charge in [0.15, 0.2) is 0 Å². The van der Waals surface area contributed by atoms with E-state index in [1.54, 1.807) is 49.6 Å². The first-order valence-electron chi connectivity index (χ1n) is 10.7. The standard InChI is InChI=1S/C23H25N5O3/c1-28-10-9-19(25-23(28)30)14-5-6-18(21(29)11-14)20-7-8-22(27-26-20)31-17-12-15-3-2-4-16(13-17)24-15/h5-11,15-17,24,29H,2-4,12-13H2,1H3. The number of nitrogens with zero attached hydrogens (tertiary/aromatic N) is 4. The maximum Gasteiger partial charge on any atom is 0.347 e. The monoisotopic (exact) mass is 419 g/mol. The van der Waals surface area contributed by atoms with E-state index in [1.807, 2.05) is 0 Å². The van der Waals surface area contributed by atoms with Gasteiger partial charge in [-0.15, -0.1) is 10.2 Å². The van der Waals surface area contributed by atoms with Crippen LogP contribution >= 0.6 is 0 Å². The van der Waals surface area contributed by atoms with Crippen molar-refractivity contribution < 1.29 is 9.84 Å². The van der Waals surface area contributed by atoms with Gasteiger partial charge >= 0.3 is 5.69 Å². The number of phenolic OH excluding ortho intramolecular Hbond substituents is 1. The summed E-state index contributed by atoms with van der Waals surface area (Å²) in [6.45, 7) is 0. The molecule has 8 heteroatoms. The van der Waals surface area contributed by atoms with E-state index in [0.717, 1.165) is 12.8 Å². The summed E-state index contributed by atoms with van der Waals surface area (Å²) in [7, 11) is 1.64. The third-order valence-electron chi connectivity index (χ3n) is 6.14. The third kappa shape index (κ3) is 4.16. The molecule has 2 N–H and O–H groups in total. The summed E-state index contributed by atoms with van der Waals surface area (Å²) in [5, 5.41) is 22.7. The van der Waals surface area contributed by atoms with Gasteiger partial charge in [0.1, 0.15) is 11.9 Å². The minimum Gasteiger partial charge on any atom is -0.507 e. The lowest BCUT2D eigenvalue weighted by atomic mass is 9.85. The van der Waals surface area contributed by atoms with Crippen LogP contribution in [0.1, 0.15) is 32.1 Å². The number of hydrogen-bond donors (Lipinski definition) is 2. The second kappa shape index (κ2) is 8.11. The van der Waals surface area contributed by atoms with Crippen molar-refractivity contribution in [3.05, 3.63) is 53.1 Å². The van der Waals surface area contributed by atoms with Crippen LogP contribution in [0.5, 0.6) is 11.6 Å². The lowest BCUT2D eigenvalue weighted by molar-refractivity contribution is 0.0881. The van der Waals surface area contributed by atoms with Gasteiger partial charge in [-0.25, -0.2) is 4.79 Å². The Morgan fingerprint density at radius 1 is 1.06 bits per heavy atom. The van der Waals surface area contributed by atoms with Gasteiger partial charge < -0.3 is 19.7 Å². The molecule has 3 aromatic rings. The highest BCUT2D eigenvalue weighted by molar-refractivity contribution is 5.72. The highest BCUT2D eigenvalue weighted by atomic mass is 16.5. The van der Waals surface area contributed by atoms with Gasteiger partial charge in [0.2, 0.25) is 5.88 Å². The Bertz CT molecular complexity index is 1130. The highest BCUT2D eigenvalue weighted by Crippen LogP contribution is 2.32. The molecule has 8 nitrogen and oxygen atoms in total. The Morgan fingerprint density at radius 3 is 2.55 bits per heavy atom. The number of rotatable bonds is 4. The number of nitrogens with one attached hydrogen (secondary N) is 1. The maximum absolute atomic E-state index is 11.8. The molecule has 2 unspecified atom stereocenters. The van der Waals surface area contributed by atoms with Gasteiger partial charge in [-0.05, 0) is 49.9 Å². The maximum atomic E-state index is 11.8. The summed E-state index contributed by atoms with van der Waals surface area (Å²) in [5.41, 5.74) is 1.92. The first-order valence-corrected chi connectivity index (χ1v) is 10.7. The van der Waals surface area contributed by atoms with Crippen LogP contribution in [0.2, 0.25) is 0 Å². The minimum atomic E-state index is -0.347. The number of benzene rings is 1. The molecule has 2 saturated heterocycles. The molecule has 0 radical (unpaired) electrons. The molecular formula is C23H25N5O3. The van der Waals surface area contributed by atoms with Crippen molar-refractivity contribution in [2.24, 2.45) is 7.05 Å². The van der Waals surface area contributed by atoms with Gasteiger partial charge in [0.05, 0.1) is 11.4 Å². The van der Waals surface area contributed by atoms with E-state index >= 15 is 0 Å². The summed E-state index contributed by atoms with van der Waals surface area (Å²) >= 11 is 0. The zero-order valence-corrected chi connectivity index (χ0v) is 17.4.